The molecular weight excluding hydrogens is 656 g/mol. The van der Waals surface area contributed by atoms with Crippen LogP contribution in [0.4, 0.5) is 11.6 Å². The fraction of sp³-hybridized carbons (Fsp3) is 0.211. The summed E-state index contributed by atoms with van der Waals surface area (Å²) in [6.07, 6.45) is 0.642. The Bertz CT molecular complexity index is 1700. The highest BCUT2D eigenvalue weighted by Gasteiger charge is 2.12. The van der Waals surface area contributed by atoms with Gasteiger partial charge in [-0.3, -0.25) is 0 Å². The SMILES string of the molecule is C=C(C)C(=O)OCOc1cccc(Cc2nc(Cc3cccc(OCOC(=O)C(=C)C)c3)nc(Nc3cccc(OCOC(=O)C(=C)C)c3)n2)c1. The first kappa shape index (κ1) is 37.3. The Morgan fingerprint density at radius 3 is 1.37 bits per heavy atom. The van der Waals surface area contributed by atoms with Crippen LogP contribution in [0.2, 0.25) is 0 Å². The molecule has 0 radical (unpaired) electrons. The lowest BCUT2D eigenvalue weighted by atomic mass is 10.1. The van der Waals surface area contributed by atoms with Gasteiger partial charge in [-0.15, -0.1) is 0 Å². The lowest BCUT2D eigenvalue weighted by Gasteiger charge is -2.12. The molecule has 13 heteroatoms. The zero-order valence-corrected chi connectivity index (χ0v) is 28.6. The average Bonchev–Trinajstić information content (AvgIpc) is 3.08. The predicted octanol–water partition coefficient (Wildman–Crippen LogP) is 6.16. The van der Waals surface area contributed by atoms with Gasteiger partial charge in [0.25, 0.3) is 0 Å². The minimum Gasteiger partial charge on any atom is -0.457 e. The number of ether oxygens (including phenoxy) is 6. The third-order valence-electron chi connectivity index (χ3n) is 6.63. The molecule has 0 atom stereocenters. The third kappa shape index (κ3) is 12.5. The summed E-state index contributed by atoms with van der Waals surface area (Å²) in [6.45, 7) is 14.5. The molecule has 1 heterocycles. The number of carbonyl (C=O) groups excluding carboxylic acids is 3. The largest absolute Gasteiger partial charge is 0.457 e. The van der Waals surface area contributed by atoms with Crippen molar-refractivity contribution in [3.05, 3.63) is 132 Å². The molecule has 51 heavy (non-hydrogen) atoms. The molecule has 1 N–H and O–H groups in total. The van der Waals surface area contributed by atoms with Gasteiger partial charge < -0.3 is 33.7 Å². The van der Waals surface area contributed by atoms with E-state index in [1.807, 2.05) is 24.3 Å². The molecule has 3 aromatic carbocycles. The molecule has 1 aromatic heterocycles. The molecule has 264 valence electrons. The Morgan fingerprint density at radius 2 is 0.961 bits per heavy atom. The molecule has 0 fully saturated rings. The number of rotatable bonds is 18. The van der Waals surface area contributed by atoms with Crippen molar-refractivity contribution in [2.75, 3.05) is 25.7 Å². The highest BCUT2D eigenvalue weighted by molar-refractivity contribution is 5.87. The summed E-state index contributed by atoms with van der Waals surface area (Å²) in [7, 11) is 0. The quantitative estimate of drug-likeness (QED) is 0.0547. The van der Waals surface area contributed by atoms with E-state index in [2.05, 4.69) is 35.0 Å². The second-order valence-electron chi connectivity index (χ2n) is 11.2. The molecule has 0 aliphatic carbocycles. The number of benzene rings is 3. The summed E-state index contributed by atoms with van der Waals surface area (Å²) in [6, 6.07) is 21.5. The van der Waals surface area contributed by atoms with Gasteiger partial charge >= 0.3 is 17.9 Å². The second-order valence-corrected chi connectivity index (χ2v) is 11.2. The lowest BCUT2D eigenvalue weighted by molar-refractivity contribution is -0.146. The number of esters is 3. The summed E-state index contributed by atoms with van der Waals surface area (Å²) in [5, 5.41) is 3.21. The second kappa shape index (κ2) is 18.3. The Kier molecular flexibility index (Phi) is 13.4. The van der Waals surface area contributed by atoms with Crippen LogP contribution in [-0.2, 0) is 41.4 Å². The van der Waals surface area contributed by atoms with Crippen LogP contribution < -0.4 is 19.5 Å². The maximum Gasteiger partial charge on any atom is 0.335 e. The number of nitrogens with zero attached hydrogens (tertiary/aromatic N) is 3. The van der Waals surface area contributed by atoms with Gasteiger partial charge in [0.1, 0.15) is 28.9 Å². The standard InChI is InChI=1S/C38H38N4O9/c1-24(2)35(43)49-21-46-30-13-7-10-27(16-30)18-33-40-34(19-28-11-8-14-31(17-28)47-22-50-36(44)25(3)4)42-38(41-33)39-29-12-9-15-32(20-29)48-23-51-37(45)26(5)6/h7-17,20H,1,3,5,18-19,21-23H2,2,4,6H3,(H,39,40,41,42). The molecule has 0 bridgehead atoms. The number of anilines is 2. The van der Waals surface area contributed by atoms with Gasteiger partial charge in [-0.1, -0.05) is 50.1 Å². The van der Waals surface area contributed by atoms with E-state index < -0.39 is 17.9 Å². The van der Waals surface area contributed by atoms with E-state index >= 15 is 0 Å². The summed E-state index contributed by atoms with van der Waals surface area (Å²) in [4.78, 5) is 49.2. The number of carbonyl (C=O) groups is 3. The predicted molar refractivity (Wildman–Crippen MR) is 187 cm³/mol. The molecule has 0 spiro atoms. The molecule has 0 amide bonds. The highest BCUT2D eigenvalue weighted by Crippen LogP contribution is 2.23. The molecular formula is C38H38N4O9. The van der Waals surface area contributed by atoms with Gasteiger partial charge in [0.15, 0.2) is 0 Å². The van der Waals surface area contributed by atoms with Crippen molar-refractivity contribution in [2.45, 2.75) is 33.6 Å². The Morgan fingerprint density at radius 1 is 0.569 bits per heavy atom. The number of nitrogens with one attached hydrogen (secondary N) is 1. The average molecular weight is 695 g/mol. The maximum atomic E-state index is 11.7. The van der Waals surface area contributed by atoms with Gasteiger partial charge in [-0.25, -0.2) is 19.4 Å². The maximum absolute atomic E-state index is 11.7. The Balaban J connectivity index is 1.54. The van der Waals surface area contributed by atoms with Crippen LogP contribution in [0.3, 0.4) is 0 Å². The van der Waals surface area contributed by atoms with E-state index in [4.69, 9.17) is 33.4 Å². The number of hydrogen-bond donors (Lipinski definition) is 1. The summed E-state index contributed by atoms with van der Waals surface area (Å²) < 4.78 is 31.9. The first-order valence-corrected chi connectivity index (χ1v) is 15.6. The highest BCUT2D eigenvalue weighted by atomic mass is 16.7. The van der Waals surface area contributed by atoms with Crippen molar-refractivity contribution < 1.29 is 42.8 Å². The van der Waals surface area contributed by atoms with Crippen LogP contribution in [0.25, 0.3) is 0 Å². The Labute approximate surface area is 295 Å². The monoisotopic (exact) mass is 694 g/mol. The zero-order valence-electron chi connectivity index (χ0n) is 28.6. The van der Waals surface area contributed by atoms with Gasteiger partial charge in [-0.05, 0) is 68.3 Å². The third-order valence-corrected chi connectivity index (χ3v) is 6.63. The van der Waals surface area contributed by atoms with Crippen LogP contribution in [0, 0.1) is 0 Å². The fourth-order valence-electron chi connectivity index (χ4n) is 4.15. The lowest BCUT2D eigenvalue weighted by Crippen LogP contribution is -2.11. The van der Waals surface area contributed by atoms with Crippen LogP contribution in [0.5, 0.6) is 17.2 Å². The minimum atomic E-state index is -0.554. The van der Waals surface area contributed by atoms with E-state index in [1.54, 1.807) is 69.3 Å². The normalized spacial score (nSPS) is 10.3. The van der Waals surface area contributed by atoms with E-state index in [1.165, 1.54) is 0 Å². The van der Waals surface area contributed by atoms with E-state index in [0.717, 1.165) is 11.1 Å². The van der Waals surface area contributed by atoms with Crippen LogP contribution in [0.15, 0.2) is 109 Å². The molecule has 4 rings (SSSR count). The fourth-order valence-corrected chi connectivity index (χ4v) is 4.15. The molecule has 0 saturated heterocycles. The van der Waals surface area contributed by atoms with Gasteiger partial charge in [0, 0.05) is 41.3 Å². The van der Waals surface area contributed by atoms with Crippen LogP contribution in [-0.4, -0.2) is 53.2 Å². The minimum absolute atomic E-state index is 0.266. The van der Waals surface area contributed by atoms with Crippen molar-refractivity contribution in [1.29, 1.82) is 0 Å². The molecule has 4 aromatic rings. The van der Waals surface area contributed by atoms with Crippen molar-refractivity contribution in [2.24, 2.45) is 0 Å². The van der Waals surface area contributed by atoms with Crippen molar-refractivity contribution in [3.63, 3.8) is 0 Å². The molecule has 0 aliphatic heterocycles. The molecule has 0 unspecified atom stereocenters. The zero-order chi connectivity index (χ0) is 36.8. The summed E-state index contributed by atoms with van der Waals surface area (Å²) in [5.74, 6) is 0.988. The van der Waals surface area contributed by atoms with Gasteiger partial charge in [0.2, 0.25) is 26.3 Å². The van der Waals surface area contributed by atoms with E-state index in [9.17, 15) is 14.4 Å². The summed E-state index contributed by atoms with van der Waals surface area (Å²) >= 11 is 0. The smallest absolute Gasteiger partial charge is 0.335 e. The summed E-state index contributed by atoms with van der Waals surface area (Å²) in [5.41, 5.74) is 3.09. The Hall–Kier alpha value is -6.50. The van der Waals surface area contributed by atoms with E-state index in [0.29, 0.717) is 47.4 Å². The van der Waals surface area contributed by atoms with Gasteiger partial charge in [0.05, 0.1) is 0 Å². The van der Waals surface area contributed by atoms with Crippen molar-refractivity contribution in [1.82, 2.24) is 15.0 Å². The number of hydrogen-bond acceptors (Lipinski definition) is 13. The first-order chi connectivity index (χ1) is 24.4. The van der Waals surface area contributed by atoms with Crippen LogP contribution in [0.1, 0.15) is 43.5 Å². The first-order valence-electron chi connectivity index (χ1n) is 15.6. The van der Waals surface area contributed by atoms with E-state index in [-0.39, 0.29) is 43.0 Å². The van der Waals surface area contributed by atoms with Crippen molar-refractivity contribution in [3.8, 4) is 17.2 Å². The molecule has 0 aliphatic rings. The van der Waals surface area contributed by atoms with Gasteiger partial charge in [-0.2, -0.15) is 9.97 Å². The molecule has 13 nitrogen and oxygen atoms in total. The van der Waals surface area contributed by atoms with Crippen LogP contribution >= 0.6 is 0 Å². The number of aromatic nitrogens is 3. The molecule has 0 saturated carbocycles. The topological polar surface area (TPSA) is 157 Å². The van der Waals surface area contributed by atoms with Crippen molar-refractivity contribution >= 4 is 29.5 Å².